The summed E-state index contributed by atoms with van der Waals surface area (Å²) in [5.74, 6) is 0.767. The maximum Gasteiger partial charge on any atom is 0.270 e. The molecule has 0 radical (unpaired) electrons. The molecule has 0 saturated carbocycles. The van der Waals surface area contributed by atoms with E-state index in [4.69, 9.17) is 0 Å². The van der Waals surface area contributed by atoms with Gasteiger partial charge in [-0.25, -0.2) is 0 Å². The highest BCUT2D eigenvalue weighted by Gasteiger charge is 2.44. The number of aromatic nitrogens is 1. The summed E-state index contributed by atoms with van der Waals surface area (Å²) in [7, 11) is 0. The van der Waals surface area contributed by atoms with Crippen LogP contribution in [-0.4, -0.2) is 41.0 Å². The third-order valence-corrected chi connectivity index (χ3v) is 4.78. The molecule has 2 aliphatic heterocycles. The molecular weight excluding hydrogens is 250 g/mol. The molecule has 104 valence electrons. The van der Waals surface area contributed by atoms with Crippen LogP contribution < -0.4 is 5.32 Å². The topological polar surface area (TPSA) is 48.1 Å². The van der Waals surface area contributed by atoms with Gasteiger partial charge in [-0.2, -0.15) is 0 Å². The Hall–Kier alpha value is -1.81. The lowest BCUT2D eigenvalue weighted by molar-refractivity contribution is 0.0677. The molecule has 4 nitrogen and oxygen atoms in total. The molecule has 20 heavy (non-hydrogen) atoms. The third kappa shape index (κ3) is 1.68. The number of likely N-dealkylation sites (tertiary alicyclic amines) is 1. The number of fused-ring (bicyclic) bond motifs is 2. The lowest BCUT2D eigenvalue weighted by atomic mass is 10.0. The van der Waals surface area contributed by atoms with Crippen molar-refractivity contribution in [2.45, 2.75) is 25.4 Å². The number of carbonyl (C=O) groups is 1. The van der Waals surface area contributed by atoms with E-state index in [0.717, 1.165) is 30.4 Å². The summed E-state index contributed by atoms with van der Waals surface area (Å²) in [6.07, 6.45) is 1.11. The van der Waals surface area contributed by atoms with E-state index in [-0.39, 0.29) is 5.91 Å². The van der Waals surface area contributed by atoms with Crippen LogP contribution in [0.3, 0.4) is 0 Å². The number of hydrogen-bond acceptors (Lipinski definition) is 2. The van der Waals surface area contributed by atoms with Gasteiger partial charge in [0.15, 0.2) is 0 Å². The minimum atomic E-state index is 0.143. The molecule has 1 amide bonds. The van der Waals surface area contributed by atoms with Crippen molar-refractivity contribution in [2.24, 2.45) is 5.92 Å². The van der Waals surface area contributed by atoms with E-state index in [1.165, 1.54) is 0 Å². The molecule has 2 fully saturated rings. The maximum absolute atomic E-state index is 12.8. The first-order valence-corrected chi connectivity index (χ1v) is 7.35. The second-order valence-corrected chi connectivity index (χ2v) is 6.05. The van der Waals surface area contributed by atoms with Crippen molar-refractivity contribution in [3.05, 3.63) is 36.0 Å². The minimum Gasteiger partial charge on any atom is -0.351 e. The second-order valence-electron chi connectivity index (χ2n) is 6.05. The van der Waals surface area contributed by atoms with Crippen LogP contribution in [0.1, 0.15) is 23.8 Å². The van der Waals surface area contributed by atoms with Crippen molar-refractivity contribution < 1.29 is 4.79 Å². The number of rotatable bonds is 1. The van der Waals surface area contributed by atoms with Crippen LogP contribution in [0, 0.1) is 5.92 Å². The number of benzene rings is 1. The number of amides is 1. The van der Waals surface area contributed by atoms with E-state index < -0.39 is 0 Å². The fraction of sp³-hybridized carbons (Fsp3) is 0.438. The molecule has 2 saturated heterocycles. The van der Waals surface area contributed by atoms with Gasteiger partial charge >= 0.3 is 0 Å². The van der Waals surface area contributed by atoms with Gasteiger partial charge in [0.2, 0.25) is 0 Å². The van der Waals surface area contributed by atoms with Crippen molar-refractivity contribution in [1.82, 2.24) is 15.2 Å². The van der Waals surface area contributed by atoms with Gasteiger partial charge in [-0.15, -0.1) is 0 Å². The van der Waals surface area contributed by atoms with E-state index in [1.807, 2.05) is 30.3 Å². The summed E-state index contributed by atoms with van der Waals surface area (Å²) in [6, 6.07) is 10.7. The SMILES string of the molecule is CC1CC2CNCC2N1C(=O)c1cc2ccccc2[nH]1. The van der Waals surface area contributed by atoms with Gasteiger partial charge in [0.05, 0.1) is 0 Å². The van der Waals surface area contributed by atoms with Gasteiger partial charge < -0.3 is 15.2 Å². The number of aromatic amines is 1. The molecule has 1 aromatic heterocycles. The van der Waals surface area contributed by atoms with Gasteiger partial charge in [0.25, 0.3) is 5.91 Å². The molecule has 4 rings (SSSR count). The average molecular weight is 269 g/mol. The zero-order valence-electron chi connectivity index (χ0n) is 11.6. The van der Waals surface area contributed by atoms with E-state index in [2.05, 4.69) is 22.1 Å². The Balaban J connectivity index is 1.69. The molecule has 0 spiro atoms. The normalized spacial score (nSPS) is 29.1. The first kappa shape index (κ1) is 12.0. The van der Waals surface area contributed by atoms with Gasteiger partial charge in [0.1, 0.15) is 5.69 Å². The Kier molecular flexibility index (Phi) is 2.60. The zero-order chi connectivity index (χ0) is 13.7. The Morgan fingerprint density at radius 2 is 2.15 bits per heavy atom. The van der Waals surface area contributed by atoms with Crippen LogP contribution in [0.25, 0.3) is 10.9 Å². The van der Waals surface area contributed by atoms with Crippen LogP contribution in [0.2, 0.25) is 0 Å². The van der Waals surface area contributed by atoms with Crippen LogP contribution in [0.4, 0.5) is 0 Å². The molecule has 2 aromatic rings. The molecular formula is C16H19N3O. The van der Waals surface area contributed by atoms with Crippen LogP contribution in [0.15, 0.2) is 30.3 Å². The fourth-order valence-electron chi connectivity index (χ4n) is 3.84. The highest BCUT2D eigenvalue weighted by Crippen LogP contribution is 2.33. The fourth-order valence-corrected chi connectivity index (χ4v) is 3.84. The Labute approximate surface area is 118 Å². The van der Waals surface area contributed by atoms with Crippen LogP contribution in [-0.2, 0) is 0 Å². The first-order valence-electron chi connectivity index (χ1n) is 7.35. The first-order chi connectivity index (χ1) is 9.74. The maximum atomic E-state index is 12.8. The zero-order valence-corrected chi connectivity index (χ0v) is 11.6. The number of para-hydroxylation sites is 1. The second kappa shape index (κ2) is 4.35. The summed E-state index contributed by atoms with van der Waals surface area (Å²) >= 11 is 0. The quantitative estimate of drug-likeness (QED) is 0.831. The molecule has 0 bridgehead atoms. The summed E-state index contributed by atoms with van der Waals surface area (Å²) in [6.45, 7) is 4.14. The Morgan fingerprint density at radius 1 is 1.30 bits per heavy atom. The monoisotopic (exact) mass is 269 g/mol. The van der Waals surface area contributed by atoms with Crippen molar-refractivity contribution >= 4 is 16.8 Å². The minimum absolute atomic E-state index is 0.143. The third-order valence-electron chi connectivity index (χ3n) is 4.78. The van der Waals surface area contributed by atoms with Crippen molar-refractivity contribution in [3.63, 3.8) is 0 Å². The lowest BCUT2D eigenvalue weighted by Gasteiger charge is -2.27. The van der Waals surface area contributed by atoms with Gasteiger partial charge in [0, 0.05) is 36.1 Å². The number of hydrogen-bond donors (Lipinski definition) is 2. The molecule has 3 unspecified atom stereocenters. The van der Waals surface area contributed by atoms with E-state index in [1.54, 1.807) is 0 Å². The smallest absolute Gasteiger partial charge is 0.270 e. The highest BCUT2D eigenvalue weighted by molar-refractivity contribution is 5.98. The molecule has 1 aromatic carbocycles. The summed E-state index contributed by atoms with van der Waals surface area (Å²) in [5.41, 5.74) is 1.74. The number of H-pyrrole nitrogens is 1. The van der Waals surface area contributed by atoms with Crippen molar-refractivity contribution in [1.29, 1.82) is 0 Å². The van der Waals surface area contributed by atoms with E-state index in [0.29, 0.717) is 23.7 Å². The van der Waals surface area contributed by atoms with E-state index in [9.17, 15) is 4.79 Å². The van der Waals surface area contributed by atoms with Crippen molar-refractivity contribution in [2.75, 3.05) is 13.1 Å². The number of nitrogens with zero attached hydrogens (tertiary/aromatic N) is 1. The summed E-state index contributed by atoms with van der Waals surface area (Å²) in [4.78, 5) is 18.2. The highest BCUT2D eigenvalue weighted by atomic mass is 16.2. The molecule has 3 heterocycles. The molecule has 3 atom stereocenters. The predicted octanol–water partition coefficient (Wildman–Crippen LogP) is 1.99. The lowest BCUT2D eigenvalue weighted by Crippen LogP contribution is -2.42. The molecule has 2 N–H and O–H groups in total. The summed E-state index contributed by atoms with van der Waals surface area (Å²) in [5, 5.41) is 4.50. The van der Waals surface area contributed by atoms with Gasteiger partial charge in [-0.3, -0.25) is 4.79 Å². The van der Waals surface area contributed by atoms with Gasteiger partial charge in [-0.05, 0) is 31.4 Å². The number of nitrogens with one attached hydrogen (secondary N) is 2. The average Bonchev–Trinajstić information content (AvgIpc) is 3.10. The van der Waals surface area contributed by atoms with Crippen LogP contribution >= 0.6 is 0 Å². The molecule has 2 aliphatic rings. The van der Waals surface area contributed by atoms with Gasteiger partial charge in [-0.1, -0.05) is 18.2 Å². The summed E-state index contributed by atoms with van der Waals surface area (Å²) < 4.78 is 0. The largest absolute Gasteiger partial charge is 0.351 e. The van der Waals surface area contributed by atoms with E-state index >= 15 is 0 Å². The molecule has 0 aliphatic carbocycles. The van der Waals surface area contributed by atoms with Crippen LogP contribution in [0.5, 0.6) is 0 Å². The van der Waals surface area contributed by atoms with Crippen molar-refractivity contribution in [3.8, 4) is 0 Å². The standard InChI is InChI=1S/C16H19N3O/c1-10-6-12-8-17-9-15(12)19(10)16(20)14-7-11-4-2-3-5-13(11)18-14/h2-5,7,10,12,15,17-18H,6,8-9H2,1H3. The number of carbonyl (C=O) groups excluding carboxylic acids is 1. The molecule has 4 heteroatoms. The Bertz CT molecular complexity index is 630. The Morgan fingerprint density at radius 3 is 3.00 bits per heavy atom. The predicted molar refractivity (Wildman–Crippen MR) is 78.7 cm³/mol.